The van der Waals surface area contributed by atoms with Gasteiger partial charge in [-0.1, -0.05) is 12.1 Å². The molecule has 1 N–H and O–H groups in total. The Labute approximate surface area is 150 Å². The molecule has 2 aromatic carbocycles. The summed E-state index contributed by atoms with van der Waals surface area (Å²) in [5, 5.41) is 2.69. The molecule has 0 saturated carbocycles. The number of carbonyl (C=O) groups is 3. The van der Waals surface area contributed by atoms with E-state index in [1.807, 2.05) is 0 Å². The van der Waals surface area contributed by atoms with Crippen LogP contribution in [-0.4, -0.2) is 42.9 Å². The smallest absolute Gasteiger partial charge is 0.262 e. The highest BCUT2D eigenvalue weighted by Gasteiger charge is 2.40. The maximum atomic E-state index is 12.6. The van der Waals surface area contributed by atoms with Crippen LogP contribution < -0.4 is 14.8 Å². The summed E-state index contributed by atoms with van der Waals surface area (Å²) in [6, 6.07) is 10.5. The zero-order valence-corrected chi connectivity index (χ0v) is 14.6. The van der Waals surface area contributed by atoms with Gasteiger partial charge < -0.3 is 14.8 Å². The van der Waals surface area contributed by atoms with Gasteiger partial charge in [0.25, 0.3) is 11.8 Å². The molecule has 3 rings (SSSR count). The summed E-state index contributed by atoms with van der Waals surface area (Å²) in [4.78, 5) is 38.5. The van der Waals surface area contributed by atoms with Gasteiger partial charge in [0.05, 0.1) is 25.3 Å². The van der Waals surface area contributed by atoms with Gasteiger partial charge in [-0.3, -0.25) is 19.3 Å². The minimum Gasteiger partial charge on any atom is -0.493 e. The van der Waals surface area contributed by atoms with Crippen molar-refractivity contribution in [1.29, 1.82) is 0 Å². The molecule has 0 aromatic heterocycles. The molecule has 26 heavy (non-hydrogen) atoms. The van der Waals surface area contributed by atoms with Crippen molar-refractivity contribution in [2.75, 3.05) is 19.5 Å². The highest BCUT2D eigenvalue weighted by molar-refractivity contribution is 6.23. The summed E-state index contributed by atoms with van der Waals surface area (Å²) < 4.78 is 10.4. The van der Waals surface area contributed by atoms with Crippen LogP contribution >= 0.6 is 0 Å². The van der Waals surface area contributed by atoms with E-state index in [9.17, 15) is 14.4 Å². The van der Waals surface area contributed by atoms with Crippen molar-refractivity contribution < 1.29 is 23.9 Å². The lowest BCUT2D eigenvalue weighted by Gasteiger charge is -2.22. The summed E-state index contributed by atoms with van der Waals surface area (Å²) >= 11 is 0. The van der Waals surface area contributed by atoms with Crippen LogP contribution in [0, 0.1) is 0 Å². The summed E-state index contributed by atoms with van der Waals surface area (Å²) in [5.74, 6) is -0.439. The third-order valence-electron chi connectivity index (χ3n) is 4.24. The second-order valence-corrected chi connectivity index (χ2v) is 5.76. The van der Waals surface area contributed by atoms with Gasteiger partial charge in [-0.25, -0.2) is 0 Å². The molecule has 1 atom stereocenters. The quantitative estimate of drug-likeness (QED) is 0.833. The lowest BCUT2D eigenvalue weighted by atomic mass is 10.1. The first-order chi connectivity index (χ1) is 12.5. The third-order valence-corrected chi connectivity index (χ3v) is 4.24. The van der Waals surface area contributed by atoms with Crippen molar-refractivity contribution in [3.8, 4) is 11.5 Å². The Morgan fingerprint density at radius 1 is 0.962 bits per heavy atom. The summed E-state index contributed by atoms with van der Waals surface area (Å²) in [5.41, 5.74) is 1.09. The van der Waals surface area contributed by atoms with Crippen LogP contribution in [0.4, 0.5) is 5.69 Å². The Morgan fingerprint density at radius 3 is 2.08 bits per heavy atom. The zero-order chi connectivity index (χ0) is 18.8. The highest BCUT2D eigenvalue weighted by Crippen LogP contribution is 2.30. The molecule has 7 heteroatoms. The fourth-order valence-corrected chi connectivity index (χ4v) is 2.84. The number of amides is 3. The standard InChI is InChI=1S/C19H18N2O5/c1-11(21-18(23)13-6-4-5-7-14(13)19(21)24)17(22)20-12-8-9-15(25-2)16(10-12)26-3/h4-11H,1-3H3,(H,20,22)/t11-/m1/s1. The number of methoxy groups -OCH3 is 2. The number of carbonyl (C=O) groups excluding carboxylic acids is 3. The number of ether oxygens (including phenoxy) is 2. The molecule has 2 aromatic rings. The highest BCUT2D eigenvalue weighted by atomic mass is 16.5. The predicted octanol–water partition coefficient (Wildman–Crippen LogP) is 2.33. The van der Waals surface area contributed by atoms with E-state index in [2.05, 4.69) is 5.32 Å². The largest absolute Gasteiger partial charge is 0.493 e. The van der Waals surface area contributed by atoms with Crippen LogP contribution in [0.2, 0.25) is 0 Å². The van der Waals surface area contributed by atoms with Gasteiger partial charge >= 0.3 is 0 Å². The summed E-state index contributed by atoms with van der Waals surface area (Å²) in [7, 11) is 3.01. The molecule has 7 nitrogen and oxygen atoms in total. The van der Waals surface area contributed by atoms with Crippen molar-refractivity contribution in [2.45, 2.75) is 13.0 Å². The summed E-state index contributed by atoms with van der Waals surface area (Å²) in [6.07, 6.45) is 0. The average molecular weight is 354 g/mol. The Morgan fingerprint density at radius 2 is 1.54 bits per heavy atom. The lowest BCUT2D eigenvalue weighted by molar-refractivity contribution is -0.119. The van der Waals surface area contributed by atoms with Gasteiger partial charge in [-0.2, -0.15) is 0 Å². The second kappa shape index (κ2) is 6.87. The minimum atomic E-state index is -0.963. The zero-order valence-electron chi connectivity index (χ0n) is 14.6. The first-order valence-electron chi connectivity index (χ1n) is 7.97. The van der Waals surface area contributed by atoms with Crippen molar-refractivity contribution in [3.05, 3.63) is 53.6 Å². The van der Waals surface area contributed by atoms with Crippen molar-refractivity contribution in [2.24, 2.45) is 0 Å². The number of anilines is 1. The summed E-state index contributed by atoms with van der Waals surface area (Å²) in [6.45, 7) is 1.51. The molecule has 3 amide bonds. The Bertz CT molecular complexity index is 858. The topological polar surface area (TPSA) is 84.9 Å². The van der Waals surface area contributed by atoms with Crippen molar-refractivity contribution in [3.63, 3.8) is 0 Å². The Hall–Kier alpha value is -3.35. The van der Waals surface area contributed by atoms with Gasteiger partial charge in [0.1, 0.15) is 6.04 Å². The van der Waals surface area contributed by atoms with Crippen molar-refractivity contribution >= 4 is 23.4 Å². The number of nitrogens with one attached hydrogen (secondary N) is 1. The normalized spacial score (nSPS) is 14.0. The SMILES string of the molecule is COc1ccc(NC(=O)[C@@H](C)N2C(=O)c3ccccc3C2=O)cc1OC. The number of hydrogen-bond acceptors (Lipinski definition) is 5. The molecule has 0 aliphatic carbocycles. The van der Waals surface area contributed by atoms with Crippen LogP contribution in [-0.2, 0) is 4.79 Å². The lowest BCUT2D eigenvalue weighted by Crippen LogP contribution is -2.45. The number of imide groups is 1. The van der Waals surface area contributed by atoms with Crippen LogP contribution in [0.25, 0.3) is 0 Å². The Balaban J connectivity index is 1.79. The number of hydrogen-bond donors (Lipinski definition) is 1. The van der Waals surface area contributed by atoms with Gasteiger partial charge in [-0.05, 0) is 31.2 Å². The average Bonchev–Trinajstić information content (AvgIpc) is 2.92. The van der Waals surface area contributed by atoms with Crippen LogP contribution in [0.1, 0.15) is 27.6 Å². The number of nitrogens with zero attached hydrogens (tertiary/aromatic N) is 1. The van der Waals surface area contributed by atoms with Crippen LogP contribution in [0.5, 0.6) is 11.5 Å². The maximum Gasteiger partial charge on any atom is 0.262 e. The van der Waals surface area contributed by atoms with Gasteiger partial charge in [0.2, 0.25) is 5.91 Å². The first-order valence-corrected chi connectivity index (χ1v) is 7.97. The van der Waals surface area contributed by atoms with Gasteiger partial charge in [0, 0.05) is 11.8 Å². The van der Waals surface area contributed by atoms with Crippen LogP contribution in [0.15, 0.2) is 42.5 Å². The molecular weight excluding hydrogens is 336 g/mol. The van der Waals surface area contributed by atoms with E-state index >= 15 is 0 Å². The van der Waals surface area contributed by atoms with E-state index < -0.39 is 23.8 Å². The molecule has 1 aliphatic rings. The van der Waals surface area contributed by atoms with E-state index in [-0.39, 0.29) is 0 Å². The number of fused-ring (bicyclic) bond motifs is 1. The molecule has 0 unspecified atom stereocenters. The molecular formula is C19H18N2O5. The fourth-order valence-electron chi connectivity index (χ4n) is 2.84. The molecule has 1 aliphatic heterocycles. The molecule has 1 heterocycles. The monoisotopic (exact) mass is 354 g/mol. The third kappa shape index (κ3) is 2.88. The number of rotatable bonds is 5. The predicted molar refractivity (Wildman–Crippen MR) is 94.6 cm³/mol. The number of benzene rings is 2. The van der Waals surface area contributed by atoms with E-state index in [1.165, 1.54) is 21.1 Å². The fraction of sp³-hybridized carbons (Fsp3) is 0.211. The molecule has 0 saturated heterocycles. The van der Waals surface area contributed by atoms with Crippen molar-refractivity contribution in [1.82, 2.24) is 4.90 Å². The van der Waals surface area contributed by atoms with E-state index in [1.54, 1.807) is 42.5 Å². The maximum absolute atomic E-state index is 12.6. The van der Waals surface area contributed by atoms with Gasteiger partial charge in [0.15, 0.2) is 11.5 Å². The van der Waals surface area contributed by atoms with E-state index in [0.29, 0.717) is 28.3 Å². The van der Waals surface area contributed by atoms with Crippen LogP contribution in [0.3, 0.4) is 0 Å². The minimum absolute atomic E-state index is 0.309. The molecule has 0 bridgehead atoms. The van der Waals surface area contributed by atoms with Gasteiger partial charge in [-0.15, -0.1) is 0 Å². The van der Waals surface area contributed by atoms with E-state index in [0.717, 1.165) is 4.90 Å². The molecule has 134 valence electrons. The molecule has 0 fully saturated rings. The molecule has 0 spiro atoms. The first kappa shape index (κ1) is 17.5. The second-order valence-electron chi connectivity index (χ2n) is 5.76. The Kier molecular flexibility index (Phi) is 4.62. The van der Waals surface area contributed by atoms with E-state index in [4.69, 9.17) is 9.47 Å². The molecule has 0 radical (unpaired) electrons.